The van der Waals surface area contributed by atoms with Gasteiger partial charge < -0.3 is 14.8 Å². The first-order chi connectivity index (χ1) is 9.74. The zero-order valence-corrected chi connectivity index (χ0v) is 12.9. The number of ether oxygens (including phenoxy) is 2. The van der Waals surface area contributed by atoms with Crippen molar-refractivity contribution in [1.82, 2.24) is 5.32 Å². The number of amides is 1. The monoisotopic (exact) mass is 353 g/mol. The molecule has 0 bridgehead atoms. The second kappa shape index (κ2) is 5.85. The first-order valence-corrected chi connectivity index (χ1v) is 7.76. The van der Waals surface area contributed by atoms with Crippen molar-refractivity contribution in [2.24, 2.45) is 0 Å². The van der Waals surface area contributed by atoms with Crippen molar-refractivity contribution in [3.8, 4) is 11.5 Å². The predicted molar refractivity (Wildman–Crippen MR) is 80.6 cm³/mol. The molecular weight excluding hydrogens is 342 g/mol. The van der Waals surface area contributed by atoms with Gasteiger partial charge in [-0.1, -0.05) is 6.07 Å². The summed E-state index contributed by atoms with van der Waals surface area (Å²) in [4.78, 5) is 13.4. The van der Waals surface area contributed by atoms with E-state index in [1.807, 2.05) is 6.07 Å². The molecule has 0 atom stereocenters. The van der Waals surface area contributed by atoms with E-state index in [2.05, 4.69) is 27.3 Å². The van der Waals surface area contributed by atoms with Crippen molar-refractivity contribution >= 4 is 33.2 Å². The molecule has 2 aromatic rings. The predicted octanol–water partition coefficient (Wildman–Crippen LogP) is 3.21. The van der Waals surface area contributed by atoms with Gasteiger partial charge in [0.2, 0.25) is 6.79 Å². The molecule has 20 heavy (non-hydrogen) atoms. The van der Waals surface area contributed by atoms with Gasteiger partial charge in [-0.25, -0.2) is 0 Å². The van der Waals surface area contributed by atoms with E-state index in [0.717, 1.165) is 10.2 Å². The van der Waals surface area contributed by atoms with E-state index in [1.54, 1.807) is 29.5 Å². The Morgan fingerprint density at radius 3 is 3.00 bits per heavy atom. The summed E-state index contributed by atoms with van der Waals surface area (Å²) in [6.07, 6.45) is 0.814. The van der Waals surface area contributed by atoms with Crippen LogP contribution in [0, 0.1) is 0 Å². The Balaban J connectivity index is 1.61. The average molecular weight is 354 g/mol. The van der Waals surface area contributed by atoms with Crippen LogP contribution in [0.4, 0.5) is 0 Å². The second-order valence-corrected chi connectivity index (χ2v) is 6.80. The first kappa shape index (κ1) is 13.5. The third-order valence-corrected chi connectivity index (χ3v) is 4.61. The zero-order chi connectivity index (χ0) is 13.9. The zero-order valence-electron chi connectivity index (χ0n) is 10.5. The standard InChI is InChI=1S/C14H12BrNO3S/c15-12-5-4-9(20-12)6-7-16-14(17)10-2-1-3-11-13(10)19-8-18-11/h1-5H,6-8H2,(H,16,17). The average Bonchev–Trinajstić information content (AvgIpc) is 3.06. The fraction of sp³-hybridized carbons (Fsp3) is 0.214. The molecule has 0 saturated carbocycles. The lowest BCUT2D eigenvalue weighted by Crippen LogP contribution is -2.25. The fourth-order valence-electron chi connectivity index (χ4n) is 1.99. The van der Waals surface area contributed by atoms with E-state index in [-0.39, 0.29) is 12.7 Å². The van der Waals surface area contributed by atoms with Gasteiger partial charge in [0.1, 0.15) is 0 Å². The number of hydrogen-bond acceptors (Lipinski definition) is 4. The Hall–Kier alpha value is -1.53. The van der Waals surface area contributed by atoms with E-state index in [0.29, 0.717) is 23.6 Å². The molecule has 1 amide bonds. The molecule has 6 heteroatoms. The summed E-state index contributed by atoms with van der Waals surface area (Å²) in [5.41, 5.74) is 0.521. The number of nitrogens with one attached hydrogen (secondary N) is 1. The lowest BCUT2D eigenvalue weighted by Gasteiger charge is -2.06. The first-order valence-electron chi connectivity index (χ1n) is 6.15. The molecule has 0 unspecified atom stereocenters. The number of fused-ring (bicyclic) bond motifs is 1. The highest BCUT2D eigenvalue weighted by Gasteiger charge is 2.21. The van der Waals surface area contributed by atoms with Gasteiger partial charge in [0.05, 0.1) is 9.35 Å². The maximum absolute atomic E-state index is 12.1. The molecule has 1 N–H and O–H groups in total. The summed E-state index contributed by atoms with van der Waals surface area (Å²) >= 11 is 5.10. The topological polar surface area (TPSA) is 47.6 Å². The van der Waals surface area contributed by atoms with E-state index < -0.39 is 0 Å². The number of halogens is 1. The molecule has 0 spiro atoms. The Morgan fingerprint density at radius 2 is 2.20 bits per heavy atom. The van der Waals surface area contributed by atoms with Crippen LogP contribution in [0.2, 0.25) is 0 Å². The fourth-order valence-corrected chi connectivity index (χ4v) is 3.47. The number of thiophene rings is 1. The van der Waals surface area contributed by atoms with Crippen molar-refractivity contribution in [3.63, 3.8) is 0 Å². The molecule has 0 saturated heterocycles. The minimum Gasteiger partial charge on any atom is -0.454 e. The van der Waals surface area contributed by atoms with Gasteiger partial charge in [0, 0.05) is 11.4 Å². The molecule has 1 aromatic heterocycles. The van der Waals surface area contributed by atoms with Crippen LogP contribution in [0.15, 0.2) is 34.1 Å². The van der Waals surface area contributed by atoms with Crippen LogP contribution in [-0.4, -0.2) is 19.2 Å². The highest BCUT2D eigenvalue weighted by atomic mass is 79.9. The number of rotatable bonds is 4. The molecule has 0 fully saturated rings. The van der Waals surface area contributed by atoms with Gasteiger partial charge in [-0.15, -0.1) is 11.3 Å². The largest absolute Gasteiger partial charge is 0.454 e. The molecular formula is C14H12BrNO3S. The van der Waals surface area contributed by atoms with Gasteiger partial charge in [-0.2, -0.15) is 0 Å². The second-order valence-electron chi connectivity index (χ2n) is 4.25. The smallest absolute Gasteiger partial charge is 0.255 e. The molecule has 0 aliphatic carbocycles. The summed E-state index contributed by atoms with van der Waals surface area (Å²) in [6.45, 7) is 0.763. The summed E-state index contributed by atoms with van der Waals surface area (Å²) in [7, 11) is 0. The summed E-state index contributed by atoms with van der Waals surface area (Å²) in [5, 5.41) is 2.90. The quantitative estimate of drug-likeness (QED) is 0.917. The highest BCUT2D eigenvalue weighted by Crippen LogP contribution is 2.35. The molecule has 104 valence electrons. The number of benzene rings is 1. The minimum atomic E-state index is -0.136. The normalized spacial score (nSPS) is 12.4. The van der Waals surface area contributed by atoms with Gasteiger partial charge in [-0.3, -0.25) is 4.79 Å². The van der Waals surface area contributed by atoms with Crippen LogP contribution in [0.3, 0.4) is 0 Å². The van der Waals surface area contributed by atoms with Crippen molar-refractivity contribution < 1.29 is 14.3 Å². The molecule has 2 heterocycles. The van der Waals surface area contributed by atoms with Crippen molar-refractivity contribution in [3.05, 3.63) is 44.6 Å². The maximum Gasteiger partial charge on any atom is 0.255 e. The molecule has 1 aliphatic rings. The summed E-state index contributed by atoms with van der Waals surface area (Å²) < 4.78 is 11.7. The number of carbonyl (C=O) groups is 1. The Kier molecular flexibility index (Phi) is 3.93. The van der Waals surface area contributed by atoms with Crippen LogP contribution in [0.5, 0.6) is 11.5 Å². The van der Waals surface area contributed by atoms with E-state index in [1.165, 1.54) is 4.88 Å². The van der Waals surface area contributed by atoms with Gasteiger partial charge in [0.25, 0.3) is 5.91 Å². The number of carbonyl (C=O) groups excluding carboxylic acids is 1. The Morgan fingerprint density at radius 1 is 1.30 bits per heavy atom. The van der Waals surface area contributed by atoms with Crippen molar-refractivity contribution in [2.75, 3.05) is 13.3 Å². The molecule has 4 nitrogen and oxygen atoms in total. The van der Waals surface area contributed by atoms with E-state index in [9.17, 15) is 4.79 Å². The molecule has 3 rings (SSSR count). The van der Waals surface area contributed by atoms with E-state index in [4.69, 9.17) is 9.47 Å². The lowest BCUT2D eigenvalue weighted by atomic mass is 10.1. The highest BCUT2D eigenvalue weighted by molar-refractivity contribution is 9.11. The number of para-hydroxylation sites is 1. The van der Waals surface area contributed by atoms with Crippen LogP contribution in [-0.2, 0) is 6.42 Å². The minimum absolute atomic E-state index is 0.136. The van der Waals surface area contributed by atoms with Crippen molar-refractivity contribution in [2.45, 2.75) is 6.42 Å². The van der Waals surface area contributed by atoms with Gasteiger partial charge in [0.15, 0.2) is 11.5 Å². The molecule has 1 aliphatic heterocycles. The van der Waals surface area contributed by atoms with Crippen LogP contribution in [0.25, 0.3) is 0 Å². The Bertz CT molecular complexity index is 641. The summed E-state index contributed by atoms with van der Waals surface area (Å²) in [6, 6.07) is 9.39. The maximum atomic E-state index is 12.1. The van der Waals surface area contributed by atoms with Crippen LogP contribution in [0.1, 0.15) is 15.2 Å². The van der Waals surface area contributed by atoms with Crippen LogP contribution >= 0.6 is 27.3 Å². The SMILES string of the molecule is O=C(NCCc1ccc(Br)s1)c1cccc2c1OCO2. The lowest BCUT2D eigenvalue weighted by molar-refractivity contribution is 0.0949. The molecule has 0 radical (unpaired) electrons. The van der Waals surface area contributed by atoms with E-state index >= 15 is 0 Å². The van der Waals surface area contributed by atoms with Gasteiger partial charge in [-0.05, 0) is 46.6 Å². The number of hydrogen-bond donors (Lipinski definition) is 1. The molecule has 1 aromatic carbocycles. The van der Waals surface area contributed by atoms with Crippen molar-refractivity contribution in [1.29, 1.82) is 0 Å². The third kappa shape index (κ3) is 2.81. The Labute approximate surface area is 128 Å². The third-order valence-electron chi connectivity index (χ3n) is 2.93. The van der Waals surface area contributed by atoms with Crippen LogP contribution < -0.4 is 14.8 Å². The summed E-state index contributed by atoms with van der Waals surface area (Å²) in [5.74, 6) is 1.02. The van der Waals surface area contributed by atoms with Gasteiger partial charge >= 0.3 is 0 Å².